The molecular weight excluding hydrogens is 336 g/mol. The van der Waals surface area contributed by atoms with Crippen LogP contribution in [-0.2, 0) is 19.4 Å². The van der Waals surface area contributed by atoms with E-state index in [1.165, 1.54) is 0 Å². The average Bonchev–Trinajstić information content (AvgIpc) is 2.69. The molecule has 0 aliphatic rings. The third-order valence-corrected chi connectivity index (χ3v) is 4.64. The van der Waals surface area contributed by atoms with Crippen LogP contribution in [0.15, 0.2) is 34.0 Å². The summed E-state index contributed by atoms with van der Waals surface area (Å²) in [6.07, 6.45) is 1.69. The first-order valence-corrected chi connectivity index (χ1v) is 7.45. The van der Waals surface area contributed by atoms with Gasteiger partial charge < -0.3 is 9.67 Å². The number of aliphatic hydroxyl groups is 1. The van der Waals surface area contributed by atoms with Gasteiger partial charge in [0, 0.05) is 22.3 Å². The Kier molecular flexibility index (Phi) is 4.72. The number of imidazole rings is 1. The van der Waals surface area contributed by atoms with Gasteiger partial charge in [-0.3, -0.25) is 0 Å². The first kappa shape index (κ1) is 13.9. The highest BCUT2D eigenvalue weighted by atomic mass is 79.9. The van der Waals surface area contributed by atoms with Gasteiger partial charge in [0.05, 0.1) is 18.5 Å². The van der Waals surface area contributed by atoms with Crippen LogP contribution in [0.5, 0.6) is 0 Å². The minimum absolute atomic E-state index is 0.00863. The van der Waals surface area contributed by atoms with Crippen LogP contribution in [0.4, 0.5) is 0 Å². The molecule has 6 heteroatoms. The monoisotopic (exact) mass is 346 g/mol. The zero-order valence-electron chi connectivity index (χ0n) is 9.73. The molecule has 0 bridgehead atoms. The predicted molar refractivity (Wildman–Crippen MR) is 77.8 cm³/mol. The molecule has 0 spiro atoms. The fourth-order valence-corrected chi connectivity index (χ4v) is 3.47. The lowest BCUT2D eigenvalue weighted by atomic mass is 10.2. The Morgan fingerprint density at radius 1 is 1.50 bits per heavy atom. The van der Waals surface area contributed by atoms with Crippen LogP contribution in [0.2, 0.25) is 5.02 Å². The Labute approximate surface area is 123 Å². The third kappa shape index (κ3) is 3.09. The number of hydrogen-bond acceptors (Lipinski definition) is 3. The van der Waals surface area contributed by atoms with Crippen LogP contribution >= 0.6 is 39.3 Å². The molecular formula is C12H12BrClN2OS. The molecule has 1 aromatic heterocycles. The summed E-state index contributed by atoms with van der Waals surface area (Å²) in [5, 5.41) is 10.7. The second-order valence-corrected chi connectivity index (χ2v) is 6.01. The summed E-state index contributed by atoms with van der Waals surface area (Å²) in [6, 6.07) is 5.75. The number of nitrogens with zero attached hydrogens (tertiary/aromatic N) is 2. The molecule has 0 radical (unpaired) electrons. The van der Waals surface area contributed by atoms with E-state index in [1.807, 2.05) is 29.8 Å². The van der Waals surface area contributed by atoms with E-state index in [2.05, 4.69) is 20.9 Å². The molecule has 96 valence electrons. The van der Waals surface area contributed by atoms with Crippen LogP contribution in [-0.4, -0.2) is 14.7 Å². The zero-order chi connectivity index (χ0) is 13.1. The molecule has 18 heavy (non-hydrogen) atoms. The van der Waals surface area contributed by atoms with Crippen molar-refractivity contribution in [2.75, 3.05) is 0 Å². The van der Waals surface area contributed by atoms with Crippen molar-refractivity contribution < 1.29 is 5.11 Å². The normalized spacial score (nSPS) is 10.9. The number of aliphatic hydroxyl groups excluding tert-OH is 1. The number of hydrogen-bond donors (Lipinski definition) is 1. The van der Waals surface area contributed by atoms with Crippen molar-refractivity contribution in [3.8, 4) is 0 Å². The van der Waals surface area contributed by atoms with Gasteiger partial charge in [-0.2, -0.15) is 0 Å². The molecule has 0 saturated heterocycles. The van der Waals surface area contributed by atoms with Gasteiger partial charge in [-0.05, 0) is 17.7 Å². The van der Waals surface area contributed by atoms with Crippen molar-refractivity contribution in [2.45, 2.75) is 17.5 Å². The van der Waals surface area contributed by atoms with Gasteiger partial charge in [-0.1, -0.05) is 45.4 Å². The standard InChI is InChI=1S/C12H12BrClN2OS/c1-16-10(6-17)5-15-12(16)18-7-8-2-3-9(14)4-11(8)13/h2-5,17H,6-7H2,1H3. The smallest absolute Gasteiger partial charge is 0.168 e. The predicted octanol–water partition coefficient (Wildman–Crippen LogP) is 3.62. The lowest BCUT2D eigenvalue weighted by Crippen LogP contribution is -1.97. The van der Waals surface area contributed by atoms with Gasteiger partial charge in [0.25, 0.3) is 0 Å². The van der Waals surface area contributed by atoms with Crippen molar-refractivity contribution in [3.05, 3.63) is 45.1 Å². The van der Waals surface area contributed by atoms with Gasteiger partial charge >= 0.3 is 0 Å². The lowest BCUT2D eigenvalue weighted by Gasteiger charge is -2.06. The molecule has 2 rings (SSSR count). The maximum absolute atomic E-state index is 9.10. The highest BCUT2D eigenvalue weighted by Gasteiger charge is 2.08. The summed E-state index contributed by atoms with van der Waals surface area (Å²) in [5.74, 6) is 0.799. The molecule has 0 unspecified atom stereocenters. The lowest BCUT2D eigenvalue weighted by molar-refractivity contribution is 0.271. The van der Waals surface area contributed by atoms with E-state index in [1.54, 1.807) is 18.0 Å². The number of rotatable bonds is 4. The molecule has 0 aliphatic carbocycles. The minimum atomic E-state index is 0.00863. The van der Waals surface area contributed by atoms with Crippen molar-refractivity contribution in [2.24, 2.45) is 7.05 Å². The summed E-state index contributed by atoms with van der Waals surface area (Å²) >= 11 is 11.0. The maximum Gasteiger partial charge on any atom is 0.168 e. The Morgan fingerprint density at radius 3 is 2.89 bits per heavy atom. The first-order chi connectivity index (χ1) is 8.61. The van der Waals surface area contributed by atoms with Gasteiger partial charge in [0.2, 0.25) is 0 Å². The minimum Gasteiger partial charge on any atom is -0.390 e. The van der Waals surface area contributed by atoms with E-state index >= 15 is 0 Å². The highest BCUT2D eigenvalue weighted by molar-refractivity contribution is 9.10. The van der Waals surface area contributed by atoms with Crippen LogP contribution in [0.3, 0.4) is 0 Å². The topological polar surface area (TPSA) is 38.0 Å². The molecule has 0 fully saturated rings. The molecule has 0 saturated carbocycles. The molecule has 3 nitrogen and oxygen atoms in total. The third-order valence-electron chi connectivity index (χ3n) is 2.58. The Bertz CT molecular complexity index is 559. The maximum atomic E-state index is 9.10. The fraction of sp³-hybridized carbons (Fsp3) is 0.250. The second-order valence-electron chi connectivity index (χ2n) is 3.77. The van der Waals surface area contributed by atoms with Crippen molar-refractivity contribution in [1.82, 2.24) is 9.55 Å². The summed E-state index contributed by atoms with van der Waals surface area (Å²) in [5.41, 5.74) is 1.98. The van der Waals surface area contributed by atoms with Crippen molar-refractivity contribution in [3.63, 3.8) is 0 Å². The Balaban J connectivity index is 2.09. The molecule has 1 aromatic carbocycles. The van der Waals surface area contributed by atoms with E-state index < -0.39 is 0 Å². The van der Waals surface area contributed by atoms with Gasteiger partial charge in [0.1, 0.15) is 0 Å². The summed E-state index contributed by atoms with van der Waals surface area (Å²) in [4.78, 5) is 4.27. The van der Waals surface area contributed by atoms with E-state index in [9.17, 15) is 0 Å². The number of aromatic nitrogens is 2. The molecule has 2 aromatic rings. The molecule has 1 N–H and O–H groups in total. The highest BCUT2D eigenvalue weighted by Crippen LogP contribution is 2.28. The van der Waals surface area contributed by atoms with Crippen LogP contribution in [0.1, 0.15) is 11.3 Å². The van der Waals surface area contributed by atoms with Crippen molar-refractivity contribution in [1.29, 1.82) is 0 Å². The van der Waals surface area contributed by atoms with Crippen LogP contribution in [0, 0.1) is 0 Å². The summed E-state index contributed by atoms with van der Waals surface area (Å²) in [6.45, 7) is 0.00863. The van der Waals surface area contributed by atoms with E-state index in [0.29, 0.717) is 0 Å². The number of halogens is 2. The largest absolute Gasteiger partial charge is 0.390 e. The fourth-order valence-electron chi connectivity index (χ4n) is 1.49. The van der Waals surface area contributed by atoms with Crippen LogP contribution < -0.4 is 0 Å². The molecule has 0 amide bonds. The van der Waals surface area contributed by atoms with Gasteiger partial charge in [-0.25, -0.2) is 4.98 Å². The summed E-state index contributed by atoms with van der Waals surface area (Å²) in [7, 11) is 1.90. The van der Waals surface area contributed by atoms with Crippen molar-refractivity contribution >= 4 is 39.3 Å². The van der Waals surface area contributed by atoms with E-state index in [-0.39, 0.29) is 6.61 Å². The summed E-state index contributed by atoms with van der Waals surface area (Å²) < 4.78 is 2.90. The SMILES string of the molecule is Cn1c(CO)cnc1SCc1ccc(Cl)cc1Br. The Morgan fingerprint density at radius 2 is 2.28 bits per heavy atom. The number of benzene rings is 1. The zero-order valence-corrected chi connectivity index (χ0v) is 12.9. The molecule has 0 atom stereocenters. The van der Waals surface area contributed by atoms with E-state index in [0.717, 1.165) is 31.7 Å². The second kappa shape index (κ2) is 6.10. The van der Waals surface area contributed by atoms with Gasteiger partial charge in [0.15, 0.2) is 5.16 Å². The molecule has 0 aliphatic heterocycles. The van der Waals surface area contributed by atoms with Gasteiger partial charge in [-0.15, -0.1) is 0 Å². The molecule has 1 heterocycles. The van der Waals surface area contributed by atoms with E-state index in [4.69, 9.17) is 16.7 Å². The average molecular weight is 348 g/mol. The Hall–Kier alpha value is -0.490. The first-order valence-electron chi connectivity index (χ1n) is 5.30. The van der Waals surface area contributed by atoms with Crippen LogP contribution in [0.25, 0.3) is 0 Å². The quantitative estimate of drug-likeness (QED) is 0.858. The number of thioether (sulfide) groups is 1.